The van der Waals surface area contributed by atoms with Gasteiger partial charge in [-0.2, -0.15) is 0 Å². The molecule has 0 bridgehead atoms. The smallest absolute Gasteiger partial charge is 0.197 e. The number of fused-ring (bicyclic) bond motifs is 4. The van der Waals surface area contributed by atoms with Crippen molar-refractivity contribution in [3.05, 3.63) is 64.9 Å². The molecule has 25 heavy (non-hydrogen) atoms. The Kier molecular flexibility index (Phi) is 3.65. The summed E-state index contributed by atoms with van der Waals surface area (Å²) in [7, 11) is 0. The van der Waals surface area contributed by atoms with Crippen LogP contribution in [0.2, 0.25) is 0 Å². The second kappa shape index (κ2) is 5.74. The Bertz CT molecular complexity index is 968. The molecular formula is C21H21NO3. The molecule has 2 aromatic carbocycles. The average molecular weight is 335 g/mol. The van der Waals surface area contributed by atoms with E-state index >= 15 is 0 Å². The van der Waals surface area contributed by atoms with Crippen LogP contribution >= 0.6 is 0 Å². The van der Waals surface area contributed by atoms with E-state index in [2.05, 4.69) is 19.2 Å². The molecule has 0 spiro atoms. The molecule has 0 unspecified atom stereocenters. The molecule has 1 aliphatic carbocycles. The van der Waals surface area contributed by atoms with Crippen LogP contribution in [-0.4, -0.2) is 24.0 Å². The maximum absolute atomic E-state index is 13.1. The van der Waals surface area contributed by atoms with E-state index in [1.165, 1.54) is 0 Å². The van der Waals surface area contributed by atoms with Gasteiger partial charge in [0.2, 0.25) is 0 Å². The highest BCUT2D eigenvalue weighted by molar-refractivity contribution is 6.19. The van der Waals surface area contributed by atoms with Gasteiger partial charge in [0, 0.05) is 35.2 Å². The van der Waals surface area contributed by atoms with Crippen LogP contribution in [0.25, 0.3) is 11.0 Å². The van der Waals surface area contributed by atoms with Crippen LogP contribution in [0.1, 0.15) is 47.5 Å². The molecule has 1 heterocycles. The molecule has 0 saturated heterocycles. The molecule has 0 fully saturated rings. The van der Waals surface area contributed by atoms with Crippen LogP contribution in [0.5, 0.6) is 0 Å². The summed E-state index contributed by atoms with van der Waals surface area (Å²) >= 11 is 0. The van der Waals surface area contributed by atoms with Crippen LogP contribution in [0.15, 0.2) is 46.9 Å². The molecular weight excluding hydrogens is 314 g/mol. The van der Waals surface area contributed by atoms with Crippen molar-refractivity contribution < 1.29 is 14.3 Å². The van der Waals surface area contributed by atoms with Crippen molar-refractivity contribution >= 4 is 22.4 Å². The minimum absolute atomic E-state index is 0.0242. The Morgan fingerprint density at radius 3 is 2.76 bits per heavy atom. The lowest BCUT2D eigenvalue weighted by atomic mass is 9.71. The third kappa shape index (κ3) is 2.36. The fourth-order valence-corrected chi connectivity index (χ4v) is 3.65. The van der Waals surface area contributed by atoms with Gasteiger partial charge in [0.15, 0.2) is 5.78 Å². The van der Waals surface area contributed by atoms with Crippen LogP contribution in [0.3, 0.4) is 0 Å². The minimum Gasteiger partial charge on any atom is -0.459 e. The number of nitrogens with one attached hydrogen (secondary N) is 1. The molecule has 0 aliphatic heterocycles. The summed E-state index contributed by atoms with van der Waals surface area (Å²) in [6.07, 6.45) is 0.688. The Morgan fingerprint density at radius 1 is 1.16 bits per heavy atom. The number of aliphatic hydroxyl groups is 1. The van der Waals surface area contributed by atoms with E-state index in [1.807, 2.05) is 42.5 Å². The number of hydrogen-bond acceptors (Lipinski definition) is 4. The van der Waals surface area contributed by atoms with Gasteiger partial charge in [-0.25, -0.2) is 0 Å². The summed E-state index contributed by atoms with van der Waals surface area (Å²) in [5.41, 5.74) is 3.70. The summed E-state index contributed by atoms with van der Waals surface area (Å²) < 4.78 is 6.10. The lowest BCUT2D eigenvalue weighted by Gasteiger charge is -2.31. The second-order valence-electron chi connectivity index (χ2n) is 7.02. The predicted octanol–water partition coefficient (Wildman–Crippen LogP) is 4.10. The van der Waals surface area contributed by atoms with E-state index in [1.54, 1.807) is 0 Å². The van der Waals surface area contributed by atoms with E-state index in [9.17, 15) is 4.79 Å². The van der Waals surface area contributed by atoms with E-state index < -0.39 is 5.41 Å². The van der Waals surface area contributed by atoms with Crippen molar-refractivity contribution in [3.8, 4) is 0 Å². The summed E-state index contributed by atoms with van der Waals surface area (Å²) in [6, 6.07) is 13.6. The predicted molar refractivity (Wildman–Crippen MR) is 98.4 cm³/mol. The first-order chi connectivity index (χ1) is 12.0. The van der Waals surface area contributed by atoms with Gasteiger partial charge in [0.05, 0.1) is 5.56 Å². The molecule has 0 saturated carbocycles. The van der Waals surface area contributed by atoms with Crippen LogP contribution < -0.4 is 5.32 Å². The summed E-state index contributed by atoms with van der Waals surface area (Å²) in [6.45, 7) is 5.04. The second-order valence-corrected chi connectivity index (χ2v) is 7.02. The highest BCUT2D eigenvalue weighted by atomic mass is 16.3. The van der Waals surface area contributed by atoms with E-state index in [4.69, 9.17) is 9.52 Å². The number of carbonyl (C=O) groups excluding carboxylic acids is 1. The van der Waals surface area contributed by atoms with Gasteiger partial charge >= 0.3 is 0 Å². The van der Waals surface area contributed by atoms with Crippen molar-refractivity contribution in [1.82, 2.24) is 0 Å². The van der Waals surface area contributed by atoms with Gasteiger partial charge in [-0.3, -0.25) is 4.79 Å². The summed E-state index contributed by atoms with van der Waals surface area (Å²) in [5, 5.41) is 13.1. The van der Waals surface area contributed by atoms with Gasteiger partial charge in [0.1, 0.15) is 11.3 Å². The molecule has 3 aromatic rings. The third-order valence-electron chi connectivity index (χ3n) is 4.99. The number of furan rings is 1. The maximum Gasteiger partial charge on any atom is 0.197 e. The molecule has 1 aliphatic rings. The van der Waals surface area contributed by atoms with Crippen molar-refractivity contribution in [2.24, 2.45) is 0 Å². The molecule has 1 aromatic heterocycles. The Labute approximate surface area is 146 Å². The fraction of sp³-hybridized carbons (Fsp3) is 0.286. The van der Waals surface area contributed by atoms with E-state index in [0.717, 1.165) is 33.5 Å². The molecule has 0 radical (unpaired) electrons. The normalized spacial score (nSPS) is 15.1. The number of aliphatic hydroxyl groups excluding tert-OH is 1. The number of para-hydroxylation sites is 1. The minimum atomic E-state index is -0.397. The third-order valence-corrected chi connectivity index (χ3v) is 4.99. The zero-order valence-corrected chi connectivity index (χ0v) is 14.4. The van der Waals surface area contributed by atoms with E-state index in [-0.39, 0.29) is 12.4 Å². The largest absolute Gasteiger partial charge is 0.459 e. The first-order valence-electron chi connectivity index (χ1n) is 8.60. The van der Waals surface area contributed by atoms with Gasteiger partial charge in [0.25, 0.3) is 0 Å². The quantitative estimate of drug-likeness (QED) is 0.705. The zero-order chi connectivity index (χ0) is 17.6. The summed E-state index contributed by atoms with van der Waals surface area (Å²) in [5.74, 6) is 0.759. The van der Waals surface area contributed by atoms with Crippen molar-refractivity contribution in [2.75, 3.05) is 18.5 Å². The van der Waals surface area contributed by atoms with Crippen molar-refractivity contribution in [2.45, 2.75) is 25.7 Å². The Balaban J connectivity index is 1.85. The van der Waals surface area contributed by atoms with Gasteiger partial charge in [-0.15, -0.1) is 0 Å². The molecule has 4 nitrogen and oxygen atoms in total. The number of benzene rings is 2. The number of ketones is 1. The molecule has 128 valence electrons. The standard InChI is InChI=1S/C21H21NO3/c1-21(2)16-12-13(22-10-5-11-23)8-9-14(16)19(24)18-15-6-3-4-7-17(15)25-20(18)21/h3-4,6-9,12,22-23H,5,10-11H2,1-2H3. The number of anilines is 1. The molecule has 0 atom stereocenters. The SMILES string of the molecule is CC1(C)c2cc(NCCCO)ccc2C(=O)c2c1oc1ccccc21. The molecule has 4 rings (SSSR count). The lowest BCUT2D eigenvalue weighted by Crippen LogP contribution is -2.29. The zero-order valence-electron chi connectivity index (χ0n) is 14.4. The highest BCUT2D eigenvalue weighted by Gasteiger charge is 2.41. The summed E-state index contributed by atoms with van der Waals surface area (Å²) in [4.78, 5) is 13.1. The lowest BCUT2D eigenvalue weighted by molar-refractivity contribution is 0.102. The Morgan fingerprint density at radius 2 is 1.96 bits per heavy atom. The number of hydrogen-bond donors (Lipinski definition) is 2. The van der Waals surface area contributed by atoms with Crippen LogP contribution in [0, 0.1) is 0 Å². The van der Waals surface area contributed by atoms with Gasteiger partial charge in [-0.05, 0) is 50.1 Å². The molecule has 2 N–H and O–H groups in total. The van der Waals surface area contributed by atoms with Crippen molar-refractivity contribution in [1.29, 1.82) is 0 Å². The number of carbonyl (C=O) groups is 1. The monoisotopic (exact) mass is 335 g/mol. The first kappa shape index (κ1) is 15.9. The van der Waals surface area contributed by atoms with Gasteiger partial charge in [-0.1, -0.05) is 18.2 Å². The van der Waals surface area contributed by atoms with Crippen LogP contribution in [-0.2, 0) is 5.41 Å². The first-order valence-corrected chi connectivity index (χ1v) is 8.60. The van der Waals surface area contributed by atoms with Crippen molar-refractivity contribution in [3.63, 3.8) is 0 Å². The number of rotatable bonds is 4. The topological polar surface area (TPSA) is 62.5 Å². The maximum atomic E-state index is 13.1. The van der Waals surface area contributed by atoms with Crippen LogP contribution in [0.4, 0.5) is 5.69 Å². The molecule has 4 heteroatoms. The van der Waals surface area contributed by atoms with E-state index in [0.29, 0.717) is 18.5 Å². The van der Waals surface area contributed by atoms with Gasteiger partial charge < -0.3 is 14.8 Å². The molecule has 0 amide bonds. The average Bonchev–Trinajstić information content (AvgIpc) is 3.01. The highest BCUT2D eigenvalue weighted by Crippen LogP contribution is 2.45. The fourth-order valence-electron chi connectivity index (χ4n) is 3.65. The Hall–Kier alpha value is -2.59.